The standard InChI is InChI=1S/C8H19NOS/c1-6(9-4)5-11-8(3)7(2)10/h6-10H,5H2,1-4H3. The molecule has 0 aromatic rings. The molecule has 0 amide bonds. The molecule has 0 saturated carbocycles. The smallest absolute Gasteiger partial charge is 0.0628 e. The fourth-order valence-corrected chi connectivity index (χ4v) is 1.56. The molecule has 0 aromatic heterocycles. The van der Waals surface area contributed by atoms with Crippen molar-refractivity contribution in [2.24, 2.45) is 0 Å². The van der Waals surface area contributed by atoms with Gasteiger partial charge >= 0.3 is 0 Å². The van der Waals surface area contributed by atoms with Gasteiger partial charge in [0.15, 0.2) is 0 Å². The normalized spacial score (nSPS) is 19.4. The molecule has 0 spiro atoms. The van der Waals surface area contributed by atoms with Crippen molar-refractivity contribution in [3.05, 3.63) is 0 Å². The molecule has 3 atom stereocenters. The first-order chi connectivity index (χ1) is 5.07. The van der Waals surface area contributed by atoms with Gasteiger partial charge in [-0.1, -0.05) is 6.92 Å². The van der Waals surface area contributed by atoms with Gasteiger partial charge in [0, 0.05) is 17.0 Å². The van der Waals surface area contributed by atoms with E-state index in [1.165, 1.54) is 0 Å². The Morgan fingerprint density at radius 3 is 2.27 bits per heavy atom. The third-order valence-electron chi connectivity index (χ3n) is 1.78. The first kappa shape index (κ1) is 11.3. The van der Waals surface area contributed by atoms with Crippen LogP contribution in [0.15, 0.2) is 0 Å². The van der Waals surface area contributed by atoms with Crippen LogP contribution < -0.4 is 5.32 Å². The molecule has 0 aliphatic heterocycles. The number of rotatable bonds is 5. The Labute approximate surface area is 73.8 Å². The summed E-state index contributed by atoms with van der Waals surface area (Å²) in [4.78, 5) is 0. The summed E-state index contributed by atoms with van der Waals surface area (Å²) in [7, 11) is 1.96. The molecular weight excluding hydrogens is 158 g/mol. The van der Waals surface area contributed by atoms with Gasteiger partial charge < -0.3 is 10.4 Å². The molecule has 11 heavy (non-hydrogen) atoms. The maximum atomic E-state index is 9.17. The fourth-order valence-electron chi connectivity index (χ4n) is 0.519. The lowest BCUT2D eigenvalue weighted by atomic mass is 10.3. The zero-order valence-electron chi connectivity index (χ0n) is 7.79. The lowest BCUT2D eigenvalue weighted by Crippen LogP contribution is -2.26. The van der Waals surface area contributed by atoms with Crippen molar-refractivity contribution in [2.75, 3.05) is 12.8 Å². The van der Waals surface area contributed by atoms with Crippen molar-refractivity contribution in [3.63, 3.8) is 0 Å². The maximum Gasteiger partial charge on any atom is 0.0628 e. The first-order valence-corrected chi connectivity index (χ1v) is 5.09. The number of nitrogens with one attached hydrogen (secondary N) is 1. The van der Waals surface area contributed by atoms with Gasteiger partial charge in [-0.15, -0.1) is 0 Å². The highest BCUT2D eigenvalue weighted by atomic mass is 32.2. The Kier molecular flexibility index (Phi) is 6.01. The van der Waals surface area contributed by atoms with E-state index in [1.54, 1.807) is 11.8 Å². The van der Waals surface area contributed by atoms with Crippen LogP contribution in [0.4, 0.5) is 0 Å². The summed E-state index contributed by atoms with van der Waals surface area (Å²) in [5.74, 6) is 1.06. The van der Waals surface area contributed by atoms with E-state index in [4.69, 9.17) is 5.11 Å². The van der Waals surface area contributed by atoms with Crippen LogP contribution in [0.2, 0.25) is 0 Å². The third-order valence-corrected chi connectivity index (χ3v) is 3.39. The second kappa shape index (κ2) is 5.86. The Hall–Kier alpha value is 0.270. The Balaban J connectivity index is 3.37. The molecule has 3 heteroatoms. The Bertz CT molecular complexity index is 98.1. The van der Waals surface area contributed by atoms with Gasteiger partial charge in [0.25, 0.3) is 0 Å². The summed E-state index contributed by atoms with van der Waals surface area (Å²) >= 11 is 1.80. The molecule has 0 aliphatic rings. The van der Waals surface area contributed by atoms with Crippen LogP contribution in [0.25, 0.3) is 0 Å². The minimum atomic E-state index is -0.205. The molecule has 0 bridgehead atoms. The van der Waals surface area contributed by atoms with Crippen LogP contribution >= 0.6 is 11.8 Å². The number of aliphatic hydroxyl groups excluding tert-OH is 1. The maximum absolute atomic E-state index is 9.17. The highest BCUT2D eigenvalue weighted by molar-refractivity contribution is 7.99. The average Bonchev–Trinajstić information content (AvgIpc) is 1.99. The predicted octanol–water partition coefficient (Wildman–Crippen LogP) is 1.10. The summed E-state index contributed by atoms with van der Waals surface area (Å²) in [5, 5.41) is 12.7. The Morgan fingerprint density at radius 2 is 1.91 bits per heavy atom. The second-order valence-electron chi connectivity index (χ2n) is 2.97. The SMILES string of the molecule is CNC(C)CSC(C)C(C)O. The first-order valence-electron chi connectivity index (χ1n) is 4.04. The topological polar surface area (TPSA) is 32.3 Å². The fraction of sp³-hybridized carbons (Fsp3) is 1.00. The third kappa shape index (κ3) is 5.53. The quantitative estimate of drug-likeness (QED) is 0.659. The number of hydrogen-bond acceptors (Lipinski definition) is 3. The molecule has 68 valence electrons. The predicted molar refractivity (Wildman–Crippen MR) is 52.1 cm³/mol. The van der Waals surface area contributed by atoms with E-state index in [9.17, 15) is 0 Å². The largest absolute Gasteiger partial charge is 0.392 e. The molecular formula is C8H19NOS. The molecule has 0 heterocycles. The highest BCUT2D eigenvalue weighted by Gasteiger charge is 2.09. The summed E-state index contributed by atoms with van der Waals surface area (Å²) in [5.41, 5.74) is 0. The van der Waals surface area contributed by atoms with Crippen LogP contribution in [0.5, 0.6) is 0 Å². The summed E-state index contributed by atoms with van der Waals surface area (Å²) < 4.78 is 0. The lowest BCUT2D eigenvalue weighted by molar-refractivity contribution is 0.196. The molecule has 0 rings (SSSR count). The van der Waals surface area contributed by atoms with Crippen molar-refractivity contribution >= 4 is 11.8 Å². The van der Waals surface area contributed by atoms with Crippen LogP contribution in [-0.2, 0) is 0 Å². The number of aliphatic hydroxyl groups is 1. The van der Waals surface area contributed by atoms with E-state index in [1.807, 2.05) is 14.0 Å². The van der Waals surface area contributed by atoms with Crippen LogP contribution in [0.3, 0.4) is 0 Å². The zero-order valence-corrected chi connectivity index (χ0v) is 8.61. The number of hydrogen-bond donors (Lipinski definition) is 2. The summed E-state index contributed by atoms with van der Waals surface area (Å²) in [6, 6.07) is 0.529. The highest BCUT2D eigenvalue weighted by Crippen LogP contribution is 2.14. The summed E-state index contributed by atoms with van der Waals surface area (Å²) in [6.45, 7) is 6.03. The van der Waals surface area contributed by atoms with E-state index >= 15 is 0 Å². The van der Waals surface area contributed by atoms with Gasteiger partial charge in [-0.25, -0.2) is 0 Å². The van der Waals surface area contributed by atoms with Crippen LogP contribution in [-0.4, -0.2) is 35.3 Å². The molecule has 0 aliphatic carbocycles. The van der Waals surface area contributed by atoms with Crippen molar-refractivity contribution in [1.82, 2.24) is 5.32 Å². The van der Waals surface area contributed by atoms with Gasteiger partial charge in [-0.2, -0.15) is 11.8 Å². The molecule has 3 unspecified atom stereocenters. The Morgan fingerprint density at radius 1 is 1.36 bits per heavy atom. The monoisotopic (exact) mass is 177 g/mol. The van der Waals surface area contributed by atoms with Gasteiger partial charge in [-0.05, 0) is 20.9 Å². The molecule has 0 radical (unpaired) electrons. The van der Waals surface area contributed by atoms with Crippen LogP contribution in [0, 0.1) is 0 Å². The minimum absolute atomic E-state index is 0.205. The lowest BCUT2D eigenvalue weighted by Gasteiger charge is -2.16. The van der Waals surface area contributed by atoms with Gasteiger partial charge in [-0.3, -0.25) is 0 Å². The summed E-state index contributed by atoms with van der Waals surface area (Å²) in [6.07, 6.45) is -0.205. The van der Waals surface area contributed by atoms with Crippen molar-refractivity contribution in [2.45, 2.75) is 38.2 Å². The minimum Gasteiger partial charge on any atom is -0.392 e. The van der Waals surface area contributed by atoms with Crippen LogP contribution in [0.1, 0.15) is 20.8 Å². The van der Waals surface area contributed by atoms with Crippen molar-refractivity contribution in [1.29, 1.82) is 0 Å². The van der Waals surface area contributed by atoms with E-state index in [-0.39, 0.29) is 6.10 Å². The molecule has 0 aromatic carbocycles. The van der Waals surface area contributed by atoms with Gasteiger partial charge in [0.1, 0.15) is 0 Å². The second-order valence-corrected chi connectivity index (χ2v) is 4.38. The molecule has 0 saturated heterocycles. The van der Waals surface area contributed by atoms with Gasteiger partial charge in [0.2, 0.25) is 0 Å². The van der Waals surface area contributed by atoms with Gasteiger partial charge in [0.05, 0.1) is 6.10 Å². The number of thioether (sulfide) groups is 1. The average molecular weight is 177 g/mol. The van der Waals surface area contributed by atoms with E-state index in [2.05, 4.69) is 19.2 Å². The van der Waals surface area contributed by atoms with E-state index < -0.39 is 0 Å². The van der Waals surface area contributed by atoms with Crippen molar-refractivity contribution in [3.8, 4) is 0 Å². The molecule has 2 nitrogen and oxygen atoms in total. The zero-order chi connectivity index (χ0) is 8.85. The van der Waals surface area contributed by atoms with E-state index in [0.29, 0.717) is 11.3 Å². The molecule has 2 N–H and O–H groups in total. The van der Waals surface area contributed by atoms with Crippen molar-refractivity contribution < 1.29 is 5.11 Å². The van der Waals surface area contributed by atoms with E-state index in [0.717, 1.165) is 5.75 Å². The molecule has 0 fully saturated rings.